The van der Waals surface area contributed by atoms with Gasteiger partial charge in [0.05, 0.1) is 6.04 Å². The Bertz CT molecular complexity index is 194. The molecule has 1 aliphatic carbocycles. The zero-order valence-corrected chi connectivity index (χ0v) is 9.47. The summed E-state index contributed by atoms with van der Waals surface area (Å²) >= 11 is 0. The van der Waals surface area contributed by atoms with Gasteiger partial charge in [-0.2, -0.15) is 0 Å². The maximum absolute atomic E-state index is 11.3. The van der Waals surface area contributed by atoms with Crippen LogP contribution in [-0.4, -0.2) is 25.0 Å². The molecular formula is C11H22N2O. The molecule has 1 aliphatic rings. The molecule has 0 bridgehead atoms. The van der Waals surface area contributed by atoms with E-state index in [1.165, 1.54) is 25.7 Å². The van der Waals surface area contributed by atoms with Crippen LogP contribution in [0.5, 0.6) is 0 Å². The van der Waals surface area contributed by atoms with E-state index < -0.39 is 0 Å². The van der Waals surface area contributed by atoms with Crippen molar-refractivity contribution in [1.82, 2.24) is 10.6 Å². The lowest BCUT2D eigenvalue weighted by molar-refractivity contribution is -0.122. The minimum Gasteiger partial charge on any atom is -0.358 e. The number of rotatable bonds is 4. The standard InChI is InChI=1S/C11H22N2O/c1-4-9-5-6-10(7-9)13-8(2)11(14)12-3/h8-10,13H,4-7H2,1-3H3,(H,12,14)/t8-,9?,10?/m1/s1. The Morgan fingerprint density at radius 2 is 2.21 bits per heavy atom. The summed E-state index contributed by atoms with van der Waals surface area (Å²) in [6.45, 7) is 4.17. The van der Waals surface area contributed by atoms with Gasteiger partial charge in [0.15, 0.2) is 0 Å². The fraction of sp³-hybridized carbons (Fsp3) is 0.909. The zero-order valence-electron chi connectivity index (χ0n) is 9.47. The number of carbonyl (C=O) groups is 1. The number of carbonyl (C=O) groups excluding carboxylic acids is 1. The first-order valence-corrected chi connectivity index (χ1v) is 5.65. The van der Waals surface area contributed by atoms with Gasteiger partial charge in [-0.25, -0.2) is 0 Å². The molecule has 0 spiro atoms. The Hall–Kier alpha value is -0.570. The molecule has 2 N–H and O–H groups in total. The Balaban J connectivity index is 2.28. The molecule has 0 aromatic rings. The van der Waals surface area contributed by atoms with Gasteiger partial charge in [0.25, 0.3) is 0 Å². The first kappa shape index (κ1) is 11.5. The molecule has 0 saturated heterocycles. The van der Waals surface area contributed by atoms with Gasteiger partial charge in [0, 0.05) is 13.1 Å². The summed E-state index contributed by atoms with van der Waals surface area (Å²) in [5.41, 5.74) is 0. The summed E-state index contributed by atoms with van der Waals surface area (Å²) in [6, 6.07) is 0.493. The van der Waals surface area contributed by atoms with Crippen LogP contribution >= 0.6 is 0 Å². The van der Waals surface area contributed by atoms with Gasteiger partial charge in [-0.05, 0) is 32.1 Å². The number of hydrogen-bond acceptors (Lipinski definition) is 2. The van der Waals surface area contributed by atoms with E-state index in [4.69, 9.17) is 0 Å². The van der Waals surface area contributed by atoms with Gasteiger partial charge in [0.1, 0.15) is 0 Å². The van der Waals surface area contributed by atoms with E-state index in [9.17, 15) is 4.79 Å². The van der Waals surface area contributed by atoms with Crippen LogP contribution in [0.1, 0.15) is 39.5 Å². The van der Waals surface area contributed by atoms with Crippen LogP contribution in [-0.2, 0) is 4.79 Å². The second-order valence-corrected chi connectivity index (χ2v) is 4.29. The van der Waals surface area contributed by atoms with Crippen molar-refractivity contribution in [2.75, 3.05) is 7.05 Å². The SMILES string of the molecule is CCC1CCC(N[C@H](C)C(=O)NC)C1. The molecule has 0 aliphatic heterocycles. The van der Waals surface area contributed by atoms with Crippen LogP contribution in [0.15, 0.2) is 0 Å². The molecule has 3 atom stereocenters. The van der Waals surface area contributed by atoms with Crippen molar-refractivity contribution >= 4 is 5.91 Å². The number of hydrogen-bond donors (Lipinski definition) is 2. The van der Waals surface area contributed by atoms with Crippen molar-refractivity contribution in [2.45, 2.75) is 51.6 Å². The Labute approximate surface area is 86.6 Å². The fourth-order valence-corrected chi connectivity index (χ4v) is 2.24. The smallest absolute Gasteiger partial charge is 0.236 e. The molecule has 2 unspecified atom stereocenters. The quantitative estimate of drug-likeness (QED) is 0.714. The predicted molar refractivity (Wildman–Crippen MR) is 58.1 cm³/mol. The maximum atomic E-state index is 11.3. The molecule has 0 aromatic carbocycles. The predicted octanol–water partition coefficient (Wildman–Crippen LogP) is 1.29. The molecule has 1 amide bonds. The van der Waals surface area contributed by atoms with Gasteiger partial charge in [-0.1, -0.05) is 13.3 Å². The number of amides is 1. The second-order valence-electron chi connectivity index (χ2n) is 4.29. The van der Waals surface area contributed by atoms with Crippen molar-refractivity contribution in [3.05, 3.63) is 0 Å². The molecule has 1 saturated carbocycles. The van der Waals surface area contributed by atoms with E-state index in [-0.39, 0.29) is 11.9 Å². The first-order chi connectivity index (χ1) is 6.67. The molecule has 0 heterocycles. The van der Waals surface area contributed by atoms with Crippen molar-refractivity contribution < 1.29 is 4.79 Å². The van der Waals surface area contributed by atoms with E-state index in [2.05, 4.69) is 17.6 Å². The van der Waals surface area contributed by atoms with Crippen molar-refractivity contribution in [1.29, 1.82) is 0 Å². The van der Waals surface area contributed by atoms with Gasteiger partial charge in [-0.15, -0.1) is 0 Å². The Kier molecular flexibility index (Phi) is 4.39. The summed E-state index contributed by atoms with van der Waals surface area (Å²) in [4.78, 5) is 11.3. The molecule has 3 heteroatoms. The molecule has 1 fully saturated rings. The minimum absolute atomic E-state index is 0.0550. The minimum atomic E-state index is -0.0550. The first-order valence-electron chi connectivity index (χ1n) is 5.65. The average molecular weight is 198 g/mol. The summed E-state index contributed by atoms with van der Waals surface area (Å²) in [5.74, 6) is 0.953. The van der Waals surface area contributed by atoms with Gasteiger partial charge in [-0.3, -0.25) is 4.79 Å². The van der Waals surface area contributed by atoms with Crippen molar-refractivity contribution in [2.24, 2.45) is 5.92 Å². The molecule has 3 nitrogen and oxygen atoms in total. The highest BCUT2D eigenvalue weighted by Gasteiger charge is 2.25. The fourth-order valence-electron chi connectivity index (χ4n) is 2.24. The van der Waals surface area contributed by atoms with Crippen LogP contribution in [0.4, 0.5) is 0 Å². The van der Waals surface area contributed by atoms with E-state index >= 15 is 0 Å². The number of nitrogens with one attached hydrogen (secondary N) is 2. The molecule has 82 valence electrons. The lowest BCUT2D eigenvalue weighted by Gasteiger charge is -2.18. The lowest BCUT2D eigenvalue weighted by atomic mass is 10.1. The van der Waals surface area contributed by atoms with Crippen LogP contribution in [0.2, 0.25) is 0 Å². The summed E-state index contributed by atoms with van der Waals surface area (Å²) < 4.78 is 0. The van der Waals surface area contributed by atoms with E-state index in [0.29, 0.717) is 6.04 Å². The third-order valence-corrected chi connectivity index (χ3v) is 3.24. The molecule has 1 rings (SSSR count). The summed E-state index contributed by atoms with van der Waals surface area (Å²) in [6.07, 6.45) is 5.04. The highest BCUT2D eigenvalue weighted by Crippen LogP contribution is 2.27. The van der Waals surface area contributed by atoms with Gasteiger partial charge >= 0.3 is 0 Å². The largest absolute Gasteiger partial charge is 0.358 e. The van der Waals surface area contributed by atoms with Gasteiger partial charge in [0.2, 0.25) is 5.91 Å². The molecule has 0 aromatic heterocycles. The summed E-state index contributed by atoms with van der Waals surface area (Å²) in [7, 11) is 1.68. The van der Waals surface area contributed by atoms with Gasteiger partial charge < -0.3 is 10.6 Å². The number of likely N-dealkylation sites (N-methyl/N-ethyl adjacent to an activating group) is 1. The highest BCUT2D eigenvalue weighted by molar-refractivity contribution is 5.80. The van der Waals surface area contributed by atoms with Crippen LogP contribution in [0.25, 0.3) is 0 Å². The van der Waals surface area contributed by atoms with Crippen molar-refractivity contribution in [3.63, 3.8) is 0 Å². The van der Waals surface area contributed by atoms with Crippen molar-refractivity contribution in [3.8, 4) is 0 Å². The Morgan fingerprint density at radius 3 is 2.71 bits per heavy atom. The average Bonchev–Trinajstić information content (AvgIpc) is 2.64. The second kappa shape index (κ2) is 5.35. The molecular weight excluding hydrogens is 176 g/mol. The normalized spacial score (nSPS) is 28.8. The van der Waals surface area contributed by atoms with E-state index in [0.717, 1.165) is 5.92 Å². The van der Waals surface area contributed by atoms with Crippen LogP contribution in [0, 0.1) is 5.92 Å². The third kappa shape index (κ3) is 2.98. The maximum Gasteiger partial charge on any atom is 0.236 e. The van der Waals surface area contributed by atoms with Crippen LogP contribution in [0.3, 0.4) is 0 Å². The lowest BCUT2D eigenvalue weighted by Crippen LogP contribution is -2.44. The third-order valence-electron chi connectivity index (χ3n) is 3.24. The van der Waals surface area contributed by atoms with Crippen LogP contribution < -0.4 is 10.6 Å². The molecule has 0 radical (unpaired) electrons. The van der Waals surface area contributed by atoms with E-state index in [1.54, 1.807) is 7.05 Å². The zero-order chi connectivity index (χ0) is 10.6. The highest BCUT2D eigenvalue weighted by atomic mass is 16.2. The van der Waals surface area contributed by atoms with E-state index in [1.807, 2.05) is 6.92 Å². The topological polar surface area (TPSA) is 41.1 Å². The summed E-state index contributed by atoms with van der Waals surface area (Å²) in [5, 5.41) is 6.04. The molecule has 14 heavy (non-hydrogen) atoms. The monoisotopic (exact) mass is 198 g/mol. The Morgan fingerprint density at radius 1 is 1.50 bits per heavy atom.